The Morgan fingerprint density at radius 3 is 2.91 bits per heavy atom. The molecule has 0 radical (unpaired) electrons. The zero-order valence-electron chi connectivity index (χ0n) is 12.0. The van der Waals surface area contributed by atoms with E-state index in [1.54, 1.807) is 18.2 Å². The van der Waals surface area contributed by atoms with Gasteiger partial charge >= 0.3 is 0 Å². The van der Waals surface area contributed by atoms with Crippen molar-refractivity contribution in [3.05, 3.63) is 59.8 Å². The second kappa shape index (κ2) is 5.22. The van der Waals surface area contributed by atoms with Crippen molar-refractivity contribution < 1.29 is 14.3 Å². The third-order valence-electron chi connectivity index (χ3n) is 3.99. The van der Waals surface area contributed by atoms with Crippen molar-refractivity contribution in [1.82, 2.24) is 4.98 Å². The molecule has 0 unspecified atom stereocenters. The molecule has 22 heavy (non-hydrogen) atoms. The SMILES string of the molecule is O=C(CCc1c[nH]c2ccccc12)c1ccc2c(c1)OCO2. The van der Waals surface area contributed by atoms with E-state index in [1.807, 2.05) is 24.4 Å². The monoisotopic (exact) mass is 293 g/mol. The van der Waals surface area contributed by atoms with Gasteiger partial charge in [0, 0.05) is 29.1 Å². The van der Waals surface area contributed by atoms with Gasteiger partial charge in [-0.25, -0.2) is 0 Å². The van der Waals surface area contributed by atoms with Gasteiger partial charge in [0.05, 0.1) is 0 Å². The van der Waals surface area contributed by atoms with Crippen LogP contribution in [-0.4, -0.2) is 17.6 Å². The summed E-state index contributed by atoms with van der Waals surface area (Å²) in [5.41, 5.74) is 2.95. The first-order valence-corrected chi connectivity index (χ1v) is 7.29. The number of ketones is 1. The lowest BCUT2D eigenvalue weighted by atomic mass is 10.0. The highest BCUT2D eigenvalue weighted by atomic mass is 16.7. The van der Waals surface area contributed by atoms with E-state index in [0.717, 1.165) is 11.9 Å². The summed E-state index contributed by atoms with van der Waals surface area (Å²) >= 11 is 0. The molecule has 0 fully saturated rings. The minimum atomic E-state index is 0.114. The van der Waals surface area contributed by atoms with Crippen LogP contribution in [0.15, 0.2) is 48.7 Å². The number of aromatic amines is 1. The van der Waals surface area contributed by atoms with Crippen LogP contribution in [0.5, 0.6) is 11.5 Å². The smallest absolute Gasteiger partial charge is 0.231 e. The van der Waals surface area contributed by atoms with Gasteiger partial charge in [-0.2, -0.15) is 0 Å². The molecule has 0 aliphatic carbocycles. The number of carbonyl (C=O) groups is 1. The molecule has 0 saturated carbocycles. The van der Waals surface area contributed by atoms with Gasteiger partial charge in [0.15, 0.2) is 17.3 Å². The Bertz CT molecular complexity index is 850. The molecule has 4 rings (SSSR count). The quantitative estimate of drug-likeness (QED) is 0.746. The molecule has 1 aromatic heterocycles. The molecule has 1 aliphatic heterocycles. The maximum absolute atomic E-state index is 12.4. The number of fused-ring (bicyclic) bond motifs is 2. The van der Waals surface area contributed by atoms with Gasteiger partial charge in [-0.3, -0.25) is 4.79 Å². The first-order chi connectivity index (χ1) is 10.8. The summed E-state index contributed by atoms with van der Waals surface area (Å²) in [6.45, 7) is 0.225. The van der Waals surface area contributed by atoms with Crippen LogP contribution in [0, 0.1) is 0 Å². The molecule has 3 aromatic rings. The predicted molar refractivity (Wildman–Crippen MR) is 83.5 cm³/mol. The Kier molecular flexibility index (Phi) is 3.07. The van der Waals surface area contributed by atoms with Crippen LogP contribution in [0.1, 0.15) is 22.3 Å². The average Bonchev–Trinajstić information content (AvgIpc) is 3.18. The molecule has 0 saturated heterocycles. The maximum atomic E-state index is 12.4. The highest BCUT2D eigenvalue weighted by Gasteiger charge is 2.16. The minimum absolute atomic E-state index is 0.114. The maximum Gasteiger partial charge on any atom is 0.231 e. The van der Waals surface area contributed by atoms with Gasteiger partial charge in [0.25, 0.3) is 0 Å². The summed E-state index contributed by atoms with van der Waals surface area (Å²) in [4.78, 5) is 15.6. The normalized spacial score (nSPS) is 12.7. The molecule has 0 spiro atoms. The third kappa shape index (κ3) is 2.22. The molecule has 4 nitrogen and oxygen atoms in total. The number of aromatic nitrogens is 1. The van der Waals surface area contributed by atoms with Gasteiger partial charge in [-0.15, -0.1) is 0 Å². The molecule has 1 aliphatic rings. The van der Waals surface area contributed by atoms with E-state index in [4.69, 9.17) is 9.47 Å². The van der Waals surface area contributed by atoms with Gasteiger partial charge < -0.3 is 14.5 Å². The molecule has 1 N–H and O–H groups in total. The van der Waals surface area contributed by atoms with Crippen molar-refractivity contribution in [2.45, 2.75) is 12.8 Å². The lowest BCUT2D eigenvalue weighted by Gasteiger charge is -2.03. The molecule has 0 atom stereocenters. The Balaban J connectivity index is 1.50. The van der Waals surface area contributed by atoms with Crippen molar-refractivity contribution in [2.75, 3.05) is 6.79 Å². The highest BCUT2D eigenvalue weighted by molar-refractivity contribution is 5.97. The van der Waals surface area contributed by atoms with Crippen LogP contribution >= 0.6 is 0 Å². The fourth-order valence-corrected chi connectivity index (χ4v) is 2.80. The fraction of sp³-hybridized carbons (Fsp3) is 0.167. The molecule has 2 aromatic carbocycles. The molecular weight excluding hydrogens is 278 g/mol. The number of benzene rings is 2. The largest absolute Gasteiger partial charge is 0.454 e. The molecular formula is C18H15NO3. The zero-order chi connectivity index (χ0) is 14.9. The van der Waals surface area contributed by atoms with Crippen molar-refractivity contribution in [3.8, 4) is 11.5 Å². The third-order valence-corrected chi connectivity index (χ3v) is 3.99. The van der Waals surface area contributed by atoms with Gasteiger partial charge in [-0.05, 0) is 36.2 Å². The second-order valence-corrected chi connectivity index (χ2v) is 5.35. The number of rotatable bonds is 4. The van der Waals surface area contributed by atoms with Gasteiger partial charge in [0.2, 0.25) is 6.79 Å². The van der Waals surface area contributed by atoms with Crippen LogP contribution in [-0.2, 0) is 6.42 Å². The fourth-order valence-electron chi connectivity index (χ4n) is 2.80. The number of carbonyl (C=O) groups excluding carboxylic acids is 1. The molecule has 0 bridgehead atoms. The van der Waals surface area contributed by atoms with E-state index in [1.165, 1.54) is 10.9 Å². The number of ether oxygens (including phenoxy) is 2. The van der Waals surface area contributed by atoms with E-state index in [-0.39, 0.29) is 12.6 Å². The van der Waals surface area contributed by atoms with Crippen LogP contribution in [0.3, 0.4) is 0 Å². The first kappa shape index (κ1) is 13.0. The van der Waals surface area contributed by atoms with Crippen molar-refractivity contribution in [3.63, 3.8) is 0 Å². The predicted octanol–water partition coefficient (Wildman–Crippen LogP) is 3.71. The standard InChI is InChI=1S/C18H15NO3/c20-16(12-6-8-17-18(9-12)22-11-21-17)7-5-13-10-19-15-4-2-1-3-14(13)15/h1-4,6,8-10,19H,5,7,11H2. The number of hydrogen-bond donors (Lipinski definition) is 1. The molecule has 4 heteroatoms. The van der Waals surface area contributed by atoms with Crippen molar-refractivity contribution in [2.24, 2.45) is 0 Å². The molecule has 2 heterocycles. The van der Waals surface area contributed by atoms with Crippen LogP contribution in [0.4, 0.5) is 0 Å². The van der Waals surface area contributed by atoms with Crippen LogP contribution in [0.2, 0.25) is 0 Å². The number of Topliss-reactive ketones (excluding diaryl/α,β-unsaturated/α-hetero) is 1. The van der Waals surface area contributed by atoms with E-state index in [0.29, 0.717) is 23.5 Å². The Morgan fingerprint density at radius 2 is 1.95 bits per heavy atom. The lowest BCUT2D eigenvalue weighted by molar-refractivity contribution is 0.0982. The summed E-state index contributed by atoms with van der Waals surface area (Å²) in [7, 11) is 0. The van der Waals surface area contributed by atoms with E-state index in [9.17, 15) is 4.79 Å². The zero-order valence-corrected chi connectivity index (χ0v) is 12.0. The Labute approximate surface area is 127 Å². The van der Waals surface area contributed by atoms with Gasteiger partial charge in [0.1, 0.15) is 0 Å². The Morgan fingerprint density at radius 1 is 1.09 bits per heavy atom. The summed E-state index contributed by atoms with van der Waals surface area (Å²) < 4.78 is 10.6. The number of para-hydroxylation sites is 1. The summed E-state index contributed by atoms with van der Waals surface area (Å²) in [6, 6.07) is 13.5. The first-order valence-electron chi connectivity index (χ1n) is 7.29. The van der Waals surface area contributed by atoms with E-state index >= 15 is 0 Å². The summed E-state index contributed by atoms with van der Waals surface area (Å²) in [5, 5.41) is 1.18. The second-order valence-electron chi connectivity index (χ2n) is 5.35. The van der Waals surface area contributed by atoms with Crippen molar-refractivity contribution >= 4 is 16.7 Å². The molecule has 110 valence electrons. The topological polar surface area (TPSA) is 51.3 Å². The Hall–Kier alpha value is -2.75. The van der Waals surface area contributed by atoms with Crippen LogP contribution < -0.4 is 9.47 Å². The minimum Gasteiger partial charge on any atom is -0.454 e. The number of H-pyrrole nitrogens is 1. The molecule has 0 amide bonds. The summed E-state index contributed by atoms with van der Waals surface area (Å²) in [5.74, 6) is 1.47. The van der Waals surface area contributed by atoms with E-state index in [2.05, 4.69) is 11.1 Å². The van der Waals surface area contributed by atoms with Gasteiger partial charge in [-0.1, -0.05) is 18.2 Å². The lowest BCUT2D eigenvalue weighted by Crippen LogP contribution is -2.01. The summed E-state index contributed by atoms with van der Waals surface area (Å²) in [6.07, 6.45) is 3.18. The highest BCUT2D eigenvalue weighted by Crippen LogP contribution is 2.33. The number of hydrogen-bond acceptors (Lipinski definition) is 3. The number of aryl methyl sites for hydroxylation is 1. The average molecular weight is 293 g/mol. The van der Waals surface area contributed by atoms with Crippen molar-refractivity contribution in [1.29, 1.82) is 0 Å². The number of nitrogens with one attached hydrogen (secondary N) is 1. The van der Waals surface area contributed by atoms with Crippen LogP contribution in [0.25, 0.3) is 10.9 Å². The van der Waals surface area contributed by atoms with E-state index < -0.39 is 0 Å².